The predicted octanol–water partition coefficient (Wildman–Crippen LogP) is 4.43. The third-order valence-corrected chi connectivity index (χ3v) is 5.56. The zero-order valence-corrected chi connectivity index (χ0v) is 19.4. The summed E-state index contributed by atoms with van der Waals surface area (Å²) in [6, 6.07) is 10.2. The topological polar surface area (TPSA) is 84.7 Å². The van der Waals surface area contributed by atoms with E-state index < -0.39 is 17.7 Å². The molecular weight excluding hydrogens is 437 g/mol. The van der Waals surface area contributed by atoms with Gasteiger partial charge in [0.1, 0.15) is 11.6 Å². The number of carbonyl (C=O) groups excluding carboxylic acids is 2. The molecule has 1 heterocycles. The number of alkyl carbamates (subject to hydrolysis) is 1. The average molecular weight is 464 g/mol. The molecule has 8 heteroatoms. The molecule has 6 nitrogen and oxygen atoms in total. The molecular formula is C23H27Cl2N3O3. The minimum Gasteiger partial charge on any atom is -0.444 e. The first kappa shape index (κ1) is 23.4. The van der Waals surface area contributed by atoms with E-state index in [4.69, 9.17) is 33.7 Å². The first-order chi connectivity index (χ1) is 14.6. The number of fused-ring (bicyclic) bond motifs is 1. The summed E-state index contributed by atoms with van der Waals surface area (Å²) in [6.45, 7) is 6.69. The number of benzene rings is 2. The molecule has 3 N–H and O–H groups in total. The molecule has 0 unspecified atom stereocenters. The van der Waals surface area contributed by atoms with Crippen LogP contribution in [0.2, 0.25) is 10.0 Å². The van der Waals surface area contributed by atoms with Crippen molar-refractivity contribution in [2.24, 2.45) is 5.73 Å². The Morgan fingerprint density at radius 3 is 2.48 bits per heavy atom. The van der Waals surface area contributed by atoms with Gasteiger partial charge in [0, 0.05) is 36.1 Å². The molecule has 3 rings (SSSR count). The van der Waals surface area contributed by atoms with Gasteiger partial charge in [0.05, 0.1) is 0 Å². The second kappa shape index (κ2) is 9.47. The van der Waals surface area contributed by atoms with Gasteiger partial charge in [0.2, 0.25) is 5.91 Å². The van der Waals surface area contributed by atoms with Crippen LogP contribution >= 0.6 is 23.2 Å². The second-order valence-corrected chi connectivity index (χ2v) is 9.48. The Kier molecular flexibility index (Phi) is 7.14. The fourth-order valence-corrected chi connectivity index (χ4v) is 3.99. The summed E-state index contributed by atoms with van der Waals surface area (Å²) in [5.74, 6) is -0.206. The van der Waals surface area contributed by atoms with Crippen molar-refractivity contribution < 1.29 is 14.3 Å². The molecule has 0 aromatic heterocycles. The maximum Gasteiger partial charge on any atom is 0.408 e. The lowest BCUT2D eigenvalue weighted by Gasteiger charge is -2.26. The molecule has 0 spiro atoms. The molecule has 0 fully saturated rings. The first-order valence-electron chi connectivity index (χ1n) is 10.1. The van der Waals surface area contributed by atoms with Crippen molar-refractivity contribution >= 4 is 35.2 Å². The third kappa shape index (κ3) is 6.12. The summed E-state index contributed by atoms with van der Waals surface area (Å²) >= 11 is 12.3. The molecule has 1 aliphatic rings. The summed E-state index contributed by atoms with van der Waals surface area (Å²) in [5.41, 5.74) is 8.93. The number of nitrogens with one attached hydrogen (secondary N) is 1. The number of hydrogen-bond acceptors (Lipinski definition) is 4. The molecule has 1 atom stereocenters. The van der Waals surface area contributed by atoms with Gasteiger partial charge >= 0.3 is 6.09 Å². The van der Waals surface area contributed by atoms with Crippen LogP contribution in [0.4, 0.5) is 4.79 Å². The van der Waals surface area contributed by atoms with Crippen LogP contribution < -0.4 is 11.1 Å². The molecule has 0 aliphatic carbocycles. The molecule has 1 aliphatic heterocycles. The normalized spacial score (nSPS) is 14.2. The number of rotatable bonds is 5. The van der Waals surface area contributed by atoms with Gasteiger partial charge in [-0.3, -0.25) is 4.79 Å². The van der Waals surface area contributed by atoms with E-state index in [1.165, 1.54) is 0 Å². The minimum absolute atomic E-state index is 0.206. The Morgan fingerprint density at radius 2 is 1.84 bits per heavy atom. The highest BCUT2D eigenvalue weighted by molar-refractivity contribution is 6.35. The number of halogens is 2. The monoisotopic (exact) mass is 463 g/mol. The van der Waals surface area contributed by atoms with E-state index in [2.05, 4.69) is 5.32 Å². The van der Waals surface area contributed by atoms with E-state index in [1.54, 1.807) is 43.9 Å². The first-order valence-corrected chi connectivity index (χ1v) is 10.8. The number of nitrogens with zero attached hydrogens (tertiary/aromatic N) is 1. The fraction of sp³-hybridized carbons (Fsp3) is 0.391. The maximum absolute atomic E-state index is 13.4. The number of nitrogens with two attached hydrogens (primary N) is 1. The van der Waals surface area contributed by atoms with Crippen molar-refractivity contribution in [3.05, 3.63) is 68.7 Å². The van der Waals surface area contributed by atoms with Crippen LogP contribution in [0.25, 0.3) is 0 Å². The fourth-order valence-electron chi connectivity index (χ4n) is 3.51. The smallest absolute Gasteiger partial charge is 0.408 e. The summed E-state index contributed by atoms with van der Waals surface area (Å²) in [7, 11) is 0. The Hall–Kier alpha value is -2.28. The van der Waals surface area contributed by atoms with Gasteiger partial charge in [0.25, 0.3) is 0 Å². The van der Waals surface area contributed by atoms with Crippen LogP contribution in [0.3, 0.4) is 0 Å². The van der Waals surface area contributed by atoms with Gasteiger partial charge in [-0.2, -0.15) is 0 Å². The van der Waals surface area contributed by atoms with Crippen LogP contribution in [0.15, 0.2) is 36.4 Å². The highest BCUT2D eigenvalue weighted by atomic mass is 35.5. The van der Waals surface area contributed by atoms with Crippen LogP contribution in [0.5, 0.6) is 0 Å². The summed E-state index contributed by atoms with van der Waals surface area (Å²) in [5, 5.41) is 3.67. The summed E-state index contributed by atoms with van der Waals surface area (Å²) in [4.78, 5) is 27.6. The number of hydrogen-bond donors (Lipinski definition) is 2. The SMILES string of the molecule is CC(C)(C)OC(=O)N[C@H](Cc1ccc(Cl)cc1Cl)C(=O)N1Cc2ccc(CN)cc2C1. The lowest BCUT2D eigenvalue weighted by atomic mass is 10.0. The lowest BCUT2D eigenvalue weighted by molar-refractivity contribution is -0.134. The second-order valence-electron chi connectivity index (χ2n) is 8.64. The van der Waals surface area contributed by atoms with E-state index in [9.17, 15) is 9.59 Å². The van der Waals surface area contributed by atoms with Crippen molar-refractivity contribution in [1.82, 2.24) is 10.2 Å². The molecule has 2 aromatic rings. The molecule has 0 saturated carbocycles. The molecule has 31 heavy (non-hydrogen) atoms. The van der Waals surface area contributed by atoms with Crippen LogP contribution in [0.1, 0.15) is 43.0 Å². The molecule has 0 radical (unpaired) electrons. The van der Waals surface area contributed by atoms with Gasteiger partial charge in [0.15, 0.2) is 0 Å². The van der Waals surface area contributed by atoms with Crippen molar-refractivity contribution in [1.29, 1.82) is 0 Å². The van der Waals surface area contributed by atoms with Crippen LogP contribution in [-0.4, -0.2) is 28.5 Å². The van der Waals surface area contributed by atoms with E-state index in [-0.39, 0.29) is 12.3 Å². The Balaban J connectivity index is 1.81. The third-order valence-electron chi connectivity index (χ3n) is 4.97. The summed E-state index contributed by atoms with van der Waals surface area (Å²) < 4.78 is 5.37. The van der Waals surface area contributed by atoms with Gasteiger partial charge in [-0.05, 0) is 55.2 Å². The Bertz CT molecular complexity index is 989. The van der Waals surface area contributed by atoms with E-state index >= 15 is 0 Å². The molecule has 0 saturated heterocycles. The van der Waals surface area contributed by atoms with Crippen molar-refractivity contribution in [2.45, 2.75) is 58.5 Å². The number of amides is 2. The van der Waals surface area contributed by atoms with Gasteiger partial charge in [-0.15, -0.1) is 0 Å². The van der Waals surface area contributed by atoms with Crippen LogP contribution in [-0.2, 0) is 35.6 Å². The molecule has 2 amide bonds. The Morgan fingerprint density at radius 1 is 1.13 bits per heavy atom. The number of ether oxygens (including phenoxy) is 1. The van der Waals surface area contributed by atoms with Gasteiger partial charge in [-0.25, -0.2) is 4.79 Å². The quantitative estimate of drug-likeness (QED) is 0.686. The maximum atomic E-state index is 13.4. The average Bonchev–Trinajstić information content (AvgIpc) is 3.10. The highest BCUT2D eigenvalue weighted by Gasteiger charge is 2.32. The highest BCUT2D eigenvalue weighted by Crippen LogP contribution is 2.27. The van der Waals surface area contributed by atoms with Crippen molar-refractivity contribution in [2.75, 3.05) is 0 Å². The predicted molar refractivity (Wildman–Crippen MR) is 122 cm³/mol. The van der Waals surface area contributed by atoms with Crippen LogP contribution in [0, 0.1) is 0 Å². The standard InChI is InChI=1S/C23H27Cl2N3O3/c1-23(2,3)31-22(30)27-20(9-15-6-7-18(24)10-19(15)25)21(29)28-12-16-5-4-14(11-26)8-17(16)13-28/h4-8,10,20H,9,11-13,26H2,1-3H3,(H,27,30)/t20-/m1/s1. The van der Waals surface area contributed by atoms with E-state index in [0.717, 1.165) is 16.7 Å². The zero-order chi connectivity index (χ0) is 22.8. The number of carbonyl (C=O) groups is 2. The van der Waals surface area contributed by atoms with E-state index in [1.807, 2.05) is 18.2 Å². The van der Waals surface area contributed by atoms with Gasteiger partial charge in [-0.1, -0.05) is 47.5 Å². The minimum atomic E-state index is -0.836. The molecule has 166 valence electrons. The lowest BCUT2D eigenvalue weighted by Crippen LogP contribution is -2.49. The van der Waals surface area contributed by atoms with E-state index in [0.29, 0.717) is 35.2 Å². The van der Waals surface area contributed by atoms with Gasteiger partial charge < -0.3 is 20.7 Å². The largest absolute Gasteiger partial charge is 0.444 e. The van der Waals surface area contributed by atoms with Crippen molar-refractivity contribution in [3.8, 4) is 0 Å². The Labute approximate surface area is 192 Å². The molecule has 2 aromatic carbocycles. The zero-order valence-electron chi connectivity index (χ0n) is 17.9. The summed E-state index contributed by atoms with van der Waals surface area (Å²) in [6.07, 6.45) is -0.437. The van der Waals surface area contributed by atoms with Crippen molar-refractivity contribution in [3.63, 3.8) is 0 Å². The molecule has 0 bridgehead atoms.